The molecule has 172 valence electrons. The summed E-state index contributed by atoms with van der Waals surface area (Å²) >= 11 is 0. The Morgan fingerprint density at radius 2 is 1.74 bits per heavy atom. The number of piperidine rings is 1. The third-order valence-electron chi connectivity index (χ3n) is 5.61. The molecule has 0 unspecified atom stereocenters. The third kappa shape index (κ3) is 5.40. The number of ether oxygens (including phenoxy) is 1. The van der Waals surface area contributed by atoms with Crippen molar-refractivity contribution in [2.45, 2.75) is 37.6 Å². The number of sulfonamides is 1. The number of piperazine rings is 1. The molecular formula is C20H30N4O6S. The van der Waals surface area contributed by atoms with Gasteiger partial charge in [0, 0.05) is 45.3 Å². The first-order valence-corrected chi connectivity index (χ1v) is 11.9. The van der Waals surface area contributed by atoms with Gasteiger partial charge in [0.05, 0.1) is 6.61 Å². The Balaban J connectivity index is 1.50. The number of likely N-dealkylation sites (tertiary alicyclic amines) is 1. The summed E-state index contributed by atoms with van der Waals surface area (Å²) in [6, 6.07) is 4.20. The molecular weight excluding hydrogens is 424 g/mol. The summed E-state index contributed by atoms with van der Waals surface area (Å²) in [6.07, 6.45) is 0.959. The highest BCUT2D eigenvalue weighted by molar-refractivity contribution is 7.89. The molecule has 2 aliphatic heterocycles. The van der Waals surface area contributed by atoms with Crippen molar-refractivity contribution >= 4 is 22.1 Å². The first-order valence-electron chi connectivity index (χ1n) is 10.5. The lowest BCUT2D eigenvalue weighted by Gasteiger charge is -2.36. The fourth-order valence-electron chi connectivity index (χ4n) is 3.79. The van der Waals surface area contributed by atoms with Gasteiger partial charge in [-0.1, -0.05) is 6.07 Å². The van der Waals surface area contributed by atoms with Crippen LogP contribution in [0.25, 0.3) is 0 Å². The number of carbonyl (C=O) groups excluding carboxylic acids is 2. The summed E-state index contributed by atoms with van der Waals surface area (Å²) in [5.74, 6) is -0.278. The molecule has 1 aromatic rings. The standard InChI is InChI=1S/C20H30N4O6S/c1-3-30-20(27)23-8-6-16(7-9-23)21-19(26)22-10-12-24(13-11-22)31(28,29)18-14-15(2)4-5-17(18)25/h4-5,14,16,25H,3,6-13H2,1-2H3,(H,21,26). The van der Waals surface area contributed by atoms with E-state index >= 15 is 0 Å². The summed E-state index contributed by atoms with van der Waals surface area (Å²) in [5, 5.41) is 13.0. The largest absolute Gasteiger partial charge is 0.507 e. The van der Waals surface area contributed by atoms with Crippen molar-refractivity contribution in [2.24, 2.45) is 0 Å². The summed E-state index contributed by atoms with van der Waals surface area (Å²) in [6.45, 7) is 5.75. The van der Waals surface area contributed by atoms with Crippen LogP contribution in [-0.4, -0.2) is 91.7 Å². The van der Waals surface area contributed by atoms with Crippen LogP contribution >= 0.6 is 0 Å². The average Bonchev–Trinajstić information content (AvgIpc) is 2.76. The Morgan fingerprint density at radius 3 is 2.35 bits per heavy atom. The molecule has 2 N–H and O–H groups in total. The molecule has 2 heterocycles. The fourth-order valence-corrected chi connectivity index (χ4v) is 5.38. The zero-order valence-corrected chi connectivity index (χ0v) is 18.7. The molecule has 3 rings (SSSR count). The molecule has 1 aromatic carbocycles. The van der Waals surface area contributed by atoms with Crippen LogP contribution in [-0.2, 0) is 14.8 Å². The summed E-state index contributed by atoms with van der Waals surface area (Å²) in [4.78, 5) is 27.5. The fraction of sp³-hybridized carbons (Fsp3) is 0.600. The van der Waals surface area contributed by atoms with Gasteiger partial charge >= 0.3 is 12.1 Å². The summed E-state index contributed by atoms with van der Waals surface area (Å²) < 4.78 is 32.1. The number of phenols is 1. The first kappa shape index (κ1) is 23.1. The highest BCUT2D eigenvalue weighted by Gasteiger charge is 2.33. The Bertz CT molecular complexity index is 906. The lowest BCUT2D eigenvalue weighted by molar-refractivity contribution is 0.0947. The second-order valence-corrected chi connectivity index (χ2v) is 9.68. The van der Waals surface area contributed by atoms with Crippen LogP contribution in [0.2, 0.25) is 0 Å². The van der Waals surface area contributed by atoms with Gasteiger partial charge in [-0.3, -0.25) is 0 Å². The molecule has 0 aromatic heterocycles. The minimum Gasteiger partial charge on any atom is -0.507 e. The van der Waals surface area contributed by atoms with Gasteiger partial charge in [-0.25, -0.2) is 18.0 Å². The smallest absolute Gasteiger partial charge is 0.409 e. The molecule has 3 amide bonds. The van der Waals surface area contributed by atoms with Crippen LogP contribution in [0.1, 0.15) is 25.3 Å². The zero-order chi connectivity index (χ0) is 22.6. The quantitative estimate of drug-likeness (QED) is 0.709. The number of rotatable bonds is 4. The zero-order valence-electron chi connectivity index (χ0n) is 17.9. The predicted molar refractivity (Wildman–Crippen MR) is 113 cm³/mol. The number of carbonyl (C=O) groups is 2. The number of nitrogens with one attached hydrogen (secondary N) is 1. The van der Waals surface area contributed by atoms with Crippen LogP contribution in [0.5, 0.6) is 5.75 Å². The molecule has 0 saturated carbocycles. The maximum Gasteiger partial charge on any atom is 0.409 e. The number of hydrogen-bond donors (Lipinski definition) is 2. The number of amides is 3. The average molecular weight is 455 g/mol. The van der Waals surface area contributed by atoms with Crippen LogP contribution in [0, 0.1) is 6.92 Å². The van der Waals surface area contributed by atoms with Crippen LogP contribution in [0.3, 0.4) is 0 Å². The number of hydrogen-bond acceptors (Lipinski definition) is 6. The van der Waals surface area contributed by atoms with Crippen LogP contribution in [0.4, 0.5) is 9.59 Å². The molecule has 2 fully saturated rings. The molecule has 2 saturated heterocycles. The van der Waals surface area contributed by atoms with E-state index in [2.05, 4.69) is 5.32 Å². The highest BCUT2D eigenvalue weighted by Crippen LogP contribution is 2.27. The monoisotopic (exact) mass is 454 g/mol. The Kier molecular flexibility index (Phi) is 7.26. The van der Waals surface area contributed by atoms with Gasteiger partial charge in [-0.05, 0) is 44.4 Å². The highest BCUT2D eigenvalue weighted by atomic mass is 32.2. The van der Waals surface area contributed by atoms with Crippen molar-refractivity contribution in [1.29, 1.82) is 0 Å². The van der Waals surface area contributed by atoms with Gasteiger partial charge in [0.25, 0.3) is 0 Å². The lowest BCUT2D eigenvalue weighted by Crippen LogP contribution is -2.55. The predicted octanol–water partition coefficient (Wildman–Crippen LogP) is 1.34. The van der Waals surface area contributed by atoms with Gasteiger partial charge < -0.3 is 25.0 Å². The van der Waals surface area contributed by atoms with E-state index in [1.54, 1.807) is 29.7 Å². The third-order valence-corrected chi connectivity index (χ3v) is 7.54. The van der Waals surface area contributed by atoms with Crippen molar-refractivity contribution in [3.8, 4) is 5.75 Å². The number of aryl methyl sites for hydroxylation is 1. The molecule has 0 bridgehead atoms. The Labute approximate surface area is 182 Å². The van der Waals surface area contributed by atoms with Crippen molar-refractivity contribution in [3.63, 3.8) is 0 Å². The van der Waals surface area contributed by atoms with E-state index in [0.29, 0.717) is 32.5 Å². The van der Waals surface area contributed by atoms with E-state index in [9.17, 15) is 23.1 Å². The van der Waals surface area contributed by atoms with Crippen LogP contribution in [0.15, 0.2) is 23.1 Å². The van der Waals surface area contributed by atoms with E-state index in [-0.39, 0.29) is 55.0 Å². The summed E-state index contributed by atoms with van der Waals surface area (Å²) in [7, 11) is -3.83. The molecule has 0 spiro atoms. The van der Waals surface area contributed by atoms with E-state index < -0.39 is 10.0 Å². The number of nitrogens with zero attached hydrogens (tertiary/aromatic N) is 3. The van der Waals surface area contributed by atoms with Gasteiger partial charge in [0.15, 0.2) is 0 Å². The topological polar surface area (TPSA) is 119 Å². The van der Waals surface area contributed by atoms with E-state index in [0.717, 1.165) is 5.56 Å². The van der Waals surface area contributed by atoms with Gasteiger partial charge in [0.1, 0.15) is 10.6 Å². The minimum absolute atomic E-state index is 0.0378. The Hall–Kier alpha value is -2.53. The van der Waals surface area contributed by atoms with Crippen molar-refractivity contribution in [1.82, 2.24) is 19.4 Å². The molecule has 10 nitrogen and oxygen atoms in total. The van der Waals surface area contributed by atoms with E-state index in [1.165, 1.54) is 16.4 Å². The SMILES string of the molecule is CCOC(=O)N1CCC(NC(=O)N2CCN(S(=O)(=O)c3cc(C)ccc3O)CC2)CC1. The number of phenolic OH excluding ortho intramolecular Hbond substituents is 1. The van der Waals surface area contributed by atoms with Gasteiger partial charge in [-0.15, -0.1) is 0 Å². The molecule has 31 heavy (non-hydrogen) atoms. The molecule has 11 heteroatoms. The first-order chi connectivity index (χ1) is 14.7. The molecule has 0 aliphatic carbocycles. The summed E-state index contributed by atoms with van der Waals surface area (Å²) in [5.41, 5.74) is 0.739. The molecule has 2 aliphatic rings. The maximum absolute atomic E-state index is 12.9. The second-order valence-electron chi connectivity index (χ2n) is 7.77. The molecule has 0 atom stereocenters. The normalized spacial score (nSPS) is 18.6. The Morgan fingerprint density at radius 1 is 1.10 bits per heavy atom. The number of benzene rings is 1. The number of urea groups is 1. The lowest BCUT2D eigenvalue weighted by atomic mass is 10.1. The van der Waals surface area contributed by atoms with Crippen LogP contribution < -0.4 is 5.32 Å². The van der Waals surface area contributed by atoms with Crippen molar-refractivity contribution < 1.29 is 27.9 Å². The van der Waals surface area contributed by atoms with E-state index in [4.69, 9.17) is 4.74 Å². The second kappa shape index (κ2) is 9.73. The maximum atomic E-state index is 12.9. The number of aromatic hydroxyl groups is 1. The molecule has 0 radical (unpaired) electrons. The van der Waals surface area contributed by atoms with Crippen molar-refractivity contribution in [3.05, 3.63) is 23.8 Å². The van der Waals surface area contributed by atoms with Gasteiger partial charge in [0.2, 0.25) is 10.0 Å². The van der Waals surface area contributed by atoms with Gasteiger partial charge in [-0.2, -0.15) is 4.31 Å². The van der Waals surface area contributed by atoms with Crippen molar-refractivity contribution in [2.75, 3.05) is 45.9 Å². The van der Waals surface area contributed by atoms with E-state index in [1.807, 2.05) is 0 Å². The minimum atomic E-state index is -3.83.